The summed E-state index contributed by atoms with van der Waals surface area (Å²) in [6.07, 6.45) is 0.344. The van der Waals surface area contributed by atoms with Gasteiger partial charge in [0.15, 0.2) is 0 Å². The number of rotatable bonds is 9. The summed E-state index contributed by atoms with van der Waals surface area (Å²) < 4.78 is -0.205. The highest BCUT2D eigenvalue weighted by Gasteiger charge is 2.34. The molecule has 0 aromatic heterocycles. The molecular weight excluding hydrogens is 433 g/mol. The van der Waals surface area contributed by atoms with Crippen molar-refractivity contribution in [3.05, 3.63) is 0 Å². The van der Waals surface area contributed by atoms with E-state index in [0.717, 1.165) is 0 Å². The third kappa shape index (κ3) is 10.1. The Balaban J connectivity index is 5.20. The van der Waals surface area contributed by atoms with Gasteiger partial charge in [0.25, 0.3) is 0 Å². The van der Waals surface area contributed by atoms with Crippen molar-refractivity contribution in [3.8, 4) is 0 Å². The van der Waals surface area contributed by atoms with Crippen LogP contribution in [-0.4, -0.2) is 71.1 Å². The van der Waals surface area contributed by atoms with E-state index in [4.69, 9.17) is 0 Å². The standard InChI is InChI=1S/C18H34IN3O3/c1-17(2,3)14(23)11-13(16(25)20-9-10-21(6)7)22(8)15(24)12-18(4,5)19/h13H,9-12H2,1-8H3,(H,20,25). The molecule has 7 heteroatoms. The van der Waals surface area contributed by atoms with Crippen molar-refractivity contribution in [2.24, 2.45) is 5.41 Å². The Morgan fingerprint density at radius 1 is 1.04 bits per heavy atom. The predicted molar refractivity (Wildman–Crippen MR) is 110 cm³/mol. The van der Waals surface area contributed by atoms with E-state index in [-0.39, 0.29) is 27.4 Å². The van der Waals surface area contributed by atoms with Crippen molar-refractivity contribution in [1.29, 1.82) is 0 Å². The number of ketones is 1. The lowest BCUT2D eigenvalue weighted by molar-refractivity contribution is -0.142. The van der Waals surface area contributed by atoms with Gasteiger partial charge in [0.05, 0.1) is 0 Å². The van der Waals surface area contributed by atoms with Crippen LogP contribution in [0.5, 0.6) is 0 Å². The number of alkyl halides is 1. The van der Waals surface area contributed by atoms with E-state index in [1.54, 1.807) is 7.05 Å². The van der Waals surface area contributed by atoms with Gasteiger partial charge < -0.3 is 15.1 Å². The highest BCUT2D eigenvalue weighted by atomic mass is 127. The highest BCUT2D eigenvalue weighted by molar-refractivity contribution is 14.1. The normalized spacial score (nSPS) is 13.5. The van der Waals surface area contributed by atoms with Crippen molar-refractivity contribution in [3.63, 3.8) is 0 Å². The van der Waals surface area contributed by atoms with Crippen LogP contribution in [0.15, 0.2) is 0 Å². The minimum absolute atomic E-state index is 0.0290. The zero-order valence-electron chi connectivity index (χ0n) is 16.9. The third-order valence-electron chi connectivity index (χ3n) is 3.81. The molecule has 0 heterocycles. The quantitative estimate of drug-likeness (QED) is 0.417. The number of halogens is 1. The Morgan fingerprint density at radius 2 is 1.56 bits per heavy atom. The maximum atomic E-state index is 12.6. The van der Waals surface area contributed by atoms with Crippen molar-refractivity contribution < 1.29 is 14.4 Å². The molecule has 2 amide bonds. The van der Waals surface area contributed by atoms with Crippen LogP contribution in [-0.2, 0) is 14.4 Å². The molecule has 0 aromatic rings. The molecule has 6 nitrogen and oxygen atoms in total. The van der Waals surface area contributed by atoms with Gasteiger partial charge in [-0.3, -0.25) is 14.4 Å². The molecule has 0 saturated heterocycles. The number of carbonyl (C=O) groups excluding carboxylic acids is 3. The molecule has 1 atom stereocenters. The topological polar surface area (TPSA) is 69.7 Å². The zero-order chi connectivity index (χ0) is 20.0. The summed E-state index contributed by atoms with van der Waals surface area (Å²) >= 11 is 2.21. The van der Waals surface area contributed by atoms with Crippen LogP contribution in [0.1, 0.15) is 47.5 Å². The van der Waals surface area contributed by atoms with E-state index >= 15 is 0 Å². The second kappa shape index (κ2) is 9.85. The molecule has 1 N–H and O–H groups in total. The molecular formula is C18H34IN3O3. The first-order valence-corrected chi connectivity index (χ1v) is 9.63. The molecule has 0 rings (SSSR count). The van der Waals surface area contributed by atoms with E-state index in [1.165, 1.54) is 4.90 Å². The second-order valence-corrected chi connectivity index (χ2v) is 11.3. The van der Waals surface area contributed by atoms with Gasteiger partial charge in [-0.05, 0) is 14.1 Å². The molecule has 0 spiro atoms. The lowest BCUT2D eigenvalue weighted by atomic mass is 9.86. The van der Waals surface area contributed by atoms with Gasteiger partial charge >= 0.3 is 0 Å². The van der Waals surface area contributed by atoms with Gasteiger partial charge in [0.1, 0.15) is 11.8 Å². The Labute approximate surface area is 166 Å². The highest BCUT2D eigenvalue weighted by Crippen LogP contribution is 2.24. The Bertz CT molecular complexity index is 479. The average molecular weight is 467 g/mol. The maximum absolute atomic E-state index is 12.6. The lowest BCUT2D eigenvalue weighted by Gasteiger charge is -2.31. The van der Waals surface area contributed by atoms with Gasteiger partial charge in [-0.15, -0.1) is 0 Å². The number of hydrogen-bond acceptors (Lipinski definition) is 4. The summed E-state index contributed by atoms with van der Waals surface area (Å²) in [5.41, 5.74) is -0.547. The first-order valence-electron chi connectivity index (χ1n) is 8.55. The Kier molecular flexibility index (Phi) is 9.57. The number of amides is 2. The number of carbonyl (C=O) groups is 3. The average Bonchev–Trinajstić information content (AvgIpc) is 2.40. The monoisotopic (exact) mass is 467 g/mol. The second-order valence-electron chi connectivity index (χ2n) is 8.39. The predicted octanol–water partition coefficient (Wildman–Crippen LogP) is 2.10. The largest absolute Gasteiger partial charge is 0.353 e. The SMILES string of the molecule is CN(C)CCNC(=O)C(CC(=O)C(C)(C)C)N(C)C(=O)CC(C)(C)I. The zero-order valence-corrected chi connectivity index (χ0v) is 19.1. The first kappa shape index (κ1) is 24.3. The molecule has 0 radical (unpaired) electrons. The van der Waals surface area contributed by atoms with Crippen LogP contribution >= 0.6 is 22.6 Å². The summed E-state index contributed by atoms with van der Waals surface area (Å²) in [7, 11) is 5.45. The Hall–Kier alpha value is -0.700. The molecule has 0 saturated carbocycles. The first-order chi connectivity index (χ1) is 11.1. The Morgan fingerprint density at radius 3 is 1.96 bits per heavy atom. The number of nitrogens with zero attached hydrogens (tertiary/aromatic N) is 2. The molecule has 0 aliphatic heterocycles. The molecule has 25 heavy (non-hydrogen) atoms. The van der Waals surface area contributed by atoms with Crippen LogP contribution in [0.2, 0.25) is 0 Å². The summed E-state index contributed by atoms with van der Waals surface area (Å²) in [4.78, 5) is 41.0. The van der Waals surface area contributed by atoms with E-state index in [9.17, 15) is 14.4 Å². The smallest absolute Gasteiger partial charge is 0.243 e. The minimum atomic E-state index is -0.778. The van der Waals surface area contributed by atoms with Crippen LogP contribution in [0.3, 0.4) is 0 Å². The van der Waals surface area contributed by atoms with Gasteiger partial charge in [-0.1, -0.05) is 57.2 Å². The molecule has 1 unspecified atom stereocenters. The van der Waals surface area contributed by atoms with Gasteiger partial charge in [0.2, 0.25) is 11.8 Å². The third-order valence-corrected chi connectivity index (χ3v) is 4.19. The van der Waals surface area contributed by atoms with E-state index in [2.05, 4.69) is 27.9 Å². The molecule has 146 valence electrons. The fourth-order valence-corrected chi connectivity index (χ4v) is 2.39. The van der Waals surface area contributed by atoms with Crippen molar-refractivity contribution in [1.82, 2.24) is 15.1 Å². The molecule has 0 fully saturated rings. The maximum Gasteiger partial charge on any atom is 0.243 e. The van der Waals surface area contributed by atoms with E-state index in [0.29, 0.717) is 19.5 Å². The van der Waals surface area contributed by atoms with Crippen LogP contribution in [0.25, 0.3) is 0 Å². The van der Waals surface area contributed by atoms with Crippen LogP contribution in [0.4, 0.5) is 0 Å². The summed E-state index contributed by atoms with van der Waals surface area (Å²) in [6, 6.07) is -0.778. The number of hydrogen-bond donors (Lipinski definition) is 1. The van der Waals surface area contributed by atoms with Gasteiger partial charge in [-0.25, -0.2) is 0 Å². The molecule has 0 aromatic carbocycles. The fraction of sp³-hybridized carbons (Fsp3) is 0.833. The number of likely N-dealkylation sites (N-methyl/N-ethyl adjacent to an activating group) is 2. The summed E-state index contributed by atoms with van der Waals surface area (Å²) in [5, 5.41) is 2.84. The molecule has 0 aliphatic rings. The van der Waals surface area contributed by atoms with Crippen molar-refractivity contribution in [2.75, 3.05) is 34.2 Å². The van der Waals surface area contributed by atoms with Crippen molar-refractivity contribution >= 4 is 40.2 Å². The molecule has 0 bridgehead atoms. The summed E-state index contributed by atoms with van der Waals surface area (Å²) in [6.45, 7) is 10.6. The number of Topliss-reactive ketones (excluding diaryl/α,β-unsaturated/α-hetero) is 1. The van der Waals surface area contributed by atoms with Crippen LogP contribution in [0, 0.1) is 5.41 Å². The van der Waals surface area contributed by atoms with Crippen molar-refractivity contribution in [2.45, 2.75) is 56.9 Å². The van der Waals surface area contributed by atoms with Gasteiger partial charge in [-0.2, -0.15) is 0 Å². The van der Waals surface area contributed by atoms with E-state index < -0.39 is 11.5 Å². The fourth-order valence-electron chi connectivity index (χ4n) is 2.07. The minimum Gasteiger partial charge on any atom is -0.353 e. The number of nitrogens with one attached hydrogen (secondary N) is 1. The molecule has 0 aliphatic carbocycles. The van der Waals surface area contributed by atoms with Crippen LogP contribution < -0.4 is 5.32 Å². The van der Waals surface area contributed by atoms with E-state index in [1.807, 2.05) is 53.6 Å². The van der Waals surface area contributed by atoms with Gasteiger partial charge in [0, 0.05) is 41.8 Å². The lowest BCUT2D eigenvalue weighted by Crippen LogP contribution is -2.51. The summed E-state index contributed by atoms with van der Waals surface area (Å²) in [5.74, 6) is -0.441.